The highest BCUT2D eigenvalue weighted by atomic mass is 32.2. The SMILES string of the molecule is O=S(O)N(c1cccc(O[B]Oc2cccc(N(c3ccc(S(=O)(=O)c4ccccc4)s3)S(=O)O)c2)c1)c1ccc(S(=O)(=O)c2ccccc2)s1. The van der Waals surface area contributed by atoms with E-state index in [1.165, 1.54) is 60.7 Å². The third kappa shape index (κ3) is 8.10. The van der Waals surface area contributed by atoms with Crippen molar-refractivity contribution >= 4 is 93.9 Å². The van der Waals surface area contributed by atoms with E-state index in [2.05, 4.69) is 0 Å². The highest BCUT2D eigenvalue weighted by Gasteiger charge is 2.26. The Kier molecular flexibility index (Phi) is 11.1. The largest absolute Gasteiger partial charge is 0.658 e. The van der Waals surface area contributed by atoms with E-state index in [4.69, 9.17) is 9.31 Å². The van der Waals surface area contributed by atoms with E-state index in [9.17, 15) is 34.4 Å². The van der Waals surface area contributed by atoms with E-state index in [1.807, 2.05) is 0 Å². The Morgan fingerprint density at radius 3 is 1.29 bits per heavy atom. The summed E-state index contributed by atoms with van der Waals surface area (Å²) >= 11 is -3.49. The second-order valence-electron chi connectivity index (χ2n) is 10.2. The first-order valence-corrected chi connectivity index (χ1v) is 21.1. The fourth-order valence-electron chi connectivity index (χ4n) is 4.65. The molecule has 0 fully saturated rings. The second-order valence-corrected chi connectivity index (χ2v) is 18.3. The van der Waals surface area contributed by atoms with Gasteiger partial charge in [0.15, 0.2) is 0 Å². The molecule has 2 atom stereocenters. The number of hydrogen-bond donors (Lipinski definition) is 2. The first kappa shape index (κ1) is 36.5. The molecule has 0 bridgehead atoms. The maximum absolute atomic E-state index is 13.1. The minimum absolute atomic E-state index is 0.00384. The average molecular weight is 800 g/mol. The molecule has 0 saturated heterocycles. The number of hydrogen-bond acceptors (Lipinski definition) is 10. The van der Waals surface area contributed by atoms with Gasteiger partial charge in [-0.2, -0.15) is 0 Å². The average Bonchev–Trinajstić information content (AvgIpc) is 3.81. The number of rotatable bonds is 14. The summed E-state index contributed by atoms with van der Waals surface area (Å²) in [5.41, 5.74) is 0.444. The molecular weight excluding hydrogens is 776 g/mol. The lowest BCUT2D eigenvalue weighted by atomic mass is 10.2. The first-order valence-electron chi connectivity index (χ1n) is 14.4. The Morgan fingerprint density at radius 1 is 0.529 bits per heavy atom. The van der Waals surface area contributed by atoms with Gasteiger partial charge in [-0.1, -0.05) is 48.5 Å². The molecule has 0 aliphatic heterocycles. The van der Waals surface area contributed by atoms with Gasteiger partial charge in [0.05, 0.1) is 21.2 Å². The molecule has 12 nitrogen and oxygen atoms in total. The third-order valence-electron chi connectivity index (χ3n) is 6.96. The number of thiophene rings is 2. The first-order chi connectivity index (χ1) is 24.4. The van der Waals surface area contributed by atoms with Gasteiger partial charge in [0, 0.05) is 12.1 Å². The maximum atomic E-state index is 13.1. The molecule has 0 aliphatic carbocycles. The summed E-state index contributed by atoms with van der Waals surface area (Å²) in [5.74, 6) is 0.410. The van der Waals surface area contributed by atoms with Gasteiger partial charge in [-0.25, -0.2) is 33.9 Å². The minimum Gasteiger partial charge on any atom is -0.526 e. The van der Waals surface area contributed by atoms with Crippen LogP contribution in [0.2, 0.25) is 0 Å². The monoisotopic (exact) mass is 799 g/mol. The molecule has 0 amide bonds. The van der Waals surface area contributed by atoms with E-state index < -0.39 is 42.2 Å². The van der Waals surface area contributed by atoms with Crippen molar-refractivity contribution in [1.82, 2.24) is 0 Å². The number of anilines is 4. The Hall–Kier alpha value is -4.34. The van der Waals surface area contributed by atoms with Crippen LogP contribution in [0.4, 0.5) is 21.4 Å². The summed E-state index contributed by atoms with van der Waals surface area (Å²) in [6, 6.07) is 33.6. The molecule has 0 spiro atoms. The summed E-state index contributed by atoms with van der Waals surface area (Å²) in [6.07, 6.45) is 0. The number of benzene rings is 4. The van der Waals surface area contributed by atoms with Crippen LogP contribution in [0.15, 0.2) is 152 Å². The van der Waals surface area contributed by atoms with E-state index in [0.29, 0.717) is 0 Å². The Bertz CT molecular complexity index is 2260. The second kappa shape index (κ2) is 15.5. The van der Waals surface area contributed by atoms with Crippen LogP contribution in [0.1, 0.15) is 0 Å². The molecule has 4 aromatic carbocycles. The Morgan fingerprint density at radius 2 is 0.922 bits per heavy atom. The zero-order valence-corrected chi connectivity index (χ0v) is 30.7. The van der Waals surface area contributed by atoms with Crippen LogP contribution in [-0.2, 0) is 42.2 Å². The predicted octanol–water partition coefficient (Wildman–Crippen LogP) is 7.02. The molecule has 6 rings (SSSR count). The van der Waals surface area contributed by atoms with Gasteiger partial charge < -0.3 is 9.31 Å². The van der Waals surface area contributed by atoms with Crippen molar-refractivity contribution in [3.8, 4) is 11.5 Å². The zero-order valence-electron chi connectivity index (χ0n) is 25.8. The van der Waals surface area contributed by atoms with Crippen LogP contribution in [0.5, 0.6) is 11.5 Å². The van der Waals surface area contributed by atoms with Crippen molar-refractivity contribution in [3.63, 3.8) is 0 Å². The molecular formula is C32H24BN2O10S6. The highest BCUT2D eigenvalue weighted by molar-refractivity contribution is 7.94. The molecule has 19 heteroatoms. The van der Waals surface area contributed by atoms with Gasteiger partial charge in [0.1, 0.15) is 29.9 Å². The van der Waals surface area contributed by atoms with Crippen molar-refractivity contribution in [2.75, 3.05) is 8.61 Å². The lowest BCUT2D eigenvalue weighted by Gasteiger charge is -2.19. The number of nitrogens with zero attached hydrogens (tertiary/aromatic N) is 2. The summed E-state index contributed by atoms with van der Waals surface area (Å²) < 4.78 is 111. The molecule has 2 unspecified atom stereocenters. The summed E-state index contributed by atoms with van der Waals surface area (Å²) in [6.45, 7) is 0. The summed E-state index contributed by atoms with van der Waals surface area (Å²) in [4.78, 5) is 0.192. The molecule has 2 aromatic heterocycles. The fourth-order valence-corrected chi connectivity index (χ4v) is 11.6. The molecule has 2 heterocycles. The van der Waals surface area contributed by atoms with Crippen LogP contribution >= 0.6 is 22.7 Å². The Labute approximate surface area is 307 Å². The van der Waals surface area contributed by atoms with Crippen molar-refractivity contribution in [2.45, 2.75) is 18.2 Å². The maximum Gasteiger partial charge on any atom is 0.658 e. The van der Waals surface area contributed by atoms with Crippen LogP contribution in [0, 0.1) is 0 Å². The number of sulfone groups is 2. The van der Waals surface area contributed by atoms with E-state index in [-0.39, 0.29) is 51.1 Å². The fraction of sp³-hybridized carbons (Fsp3) is 0. The third-order valence-corrected chi connectivity index (χ3v) is 15.3. The van der Waals surface area contributed by atoms with E-state index >= 15 is 0 Å². The van der Waals surface area contributed by atoms with Gasteiger partial charge in [0.2, 0.25) is 19.7 Å². The molecule has 51 heavy (non-hydrogen) atoms. The molecule has 0 saturated carbocycles. The summed E-state index contributed by atoms with van der Waals surface area (Å²) in [7, 11) is -6.70. The van der Waals surface area contributed by atoms with Crippen LogP contribution < -0.4 is 17.9 Å². The van der Waals surface area contributed by atoms with Crippen LogP contribution in [0.3, 0.4) is 0 Å². The quantitative estimate of drug-likeness (QED) is 0.0864. The van der Waals surface area contributed by atoms with Gasteiger partial charge >= 0.3 is 7.69 Å². The van der Waals surface area contributed by atoms with Gasteiger partial charge in [-0.15, -0.1) is 22.7 Å². The molecule has 0 aliphatic rings. The highest BCUT2D eigenvalue weighted by Crippen LogP contribution is 2.39. The Balaban J connectivity index is 1.15. The molecule has 1 radical (unpaired) electrons. The summed E-state index contributed by atoms with van der Waals surface area (Å²) in [5, 5.41) is 0.391. The van der Waals surface area contributed by atoms with Crippen molar-refractivity contribution in [3.05, 3.63) is 133 Å². The lowest BCUT2D eigenvalue weighted by Crippen LogP contribution is -2.19. The normalized spacial score (nSPS) is 12.8. The van der Waals surface area contributed by atoms with E-state index in [0.717, 1.165) is 39.0 Å². The van der Waals surface area contributed by atoms with Gasteiger partial charge in [0.25, 0.3) is 22.5 Å². The van der Waals surface area contributed by atoms with Crippen LogP contribution in [0.25, 0.3) is 0 Å². The molecule has 261 valence electrons. The minimum atomic E-state index is -3.84. The lowest BCUT2D eigenvalue weighted by molar-refractivity contribution is 0.459. The predicted molar refractivity (Wildman–Crippen MR) is 198 cm³/mol. The smallest absolute Gasteiger partial charge is 0.526 e. The van der Waals surface area contributed by atoms with Crippen molar-refractivity contribution in [2.24, 2.45) is 0 Å². The topological polar surface area (TPSA) is 168 Å². The zero-order chi connectivity index (χ0) is 36.2. The van der Waals surface area contributed by atoms with Crippen molar-refractivity contribution < 1.29 is 43.7 Å². The molecule has 2 N–H and O–H groups in total. The van der Waals surface area contributed by atoms with E-state index in [1.54, 1.807) is 72.8 Å². The van der Waals surface area contributed by atoms with Gasteiger partial charge in [-0.05, 0) is 72.8 Å². The van der Waals surface area contributed by atoms with Crippen molar-refractivity contribution in [1.29, 1.82) is 0 Å². The van der Waals surface area contributed by atoms with Crippen LogP contribution in [-0.4, -0.2) is 42.0 Å². The van der Waals surface area contributed by atoms with Gasteiger partial charge in [-0.3, -0.25) is 9.11 Å². The standard InChI is InChI=1S/C32H24BN2O10S6/c36-48(37)34(29-17-19-31(46-29)50(40,41)27-13-3-1-4-14-27)23-9-7-11-25(21-23)44-33-45-26-12-8-10-24(22-26)35(49(38)39)30-18-20-32(47-30)51(42,43)28-15-5-2-6-16-28/h1-22H,(H,36,37)(H,38,39). The molecule has 6 aromatic rings.